The van der Waals surface area contributed by atoms with Crippen LogP contribution >= 0.6 is 11.6 Å². The Morgan fingerprint density at radius 2 is 1.91 bits per heavy atom. The van der Waals surface area contributed by atoms with E-state index >= 15 is 0 Å². The van der Waals surface area contributed by atoms with Gasteiger partial charge in [-0.05, 0) is 43.3 Å². The zero-order valence-electron chi connectivity index (χ0n) is 12.4. The summed E-state index contributed by atoms with van der Waals surface area (Å²) in [5, 5.41) is 0.701. The molecule has 0 spiro atoms. The summed E-state index contributed by atoms with van der Waals surface area (Å²) in [6, 6.07) is 15.3. The SMILES string of the molecule is CC(N)c1nc2ccccc2n1CCOc1ccc(Cl)cc1. The maximum absolute atomic E-state index is 6.04. The standard InChI is InChI=1S/C17H18ClN3O/c1-12(19)17-20-15-4-2-3-5-16(15)21(17)10-11-22-14-8-6-13(18)7-9-14/h2-9,12H,10-11,19H2,1H3. The first-order valence-corrected chi connectivity index (χ1v) is 7.62. The van der Waals surface area contributed by atoms with Gasteiger partial charge in [-0.15, -0.1) is 0 Å². The molecule has 0 fully saturated rings. The lowest BCUT2D eigenvalue weighted by atomic mass is 10.3. The van der Waals surface area contributed by atoms with Gasteiger partial charge in [0, 0.05) is 5.02 Å². The number of benzene rings is 2. The number of nitrogens with zero attached hydrogens (tertiary/aromatic N) is 2. The Morgan fingerprint density at radius 1 is 1.18 bits per heavy atom. The largest absolute Gasteiger partial charge is 0.492 e. The summed E-state index contributed by atoms with van der Waals surface area (Å²) in [6.07, 6.45) is 0. The topological polar surface area (TPSA) is 53.1 Å². The summed E-state index contributed by atoms with van der Waals surface area (Å²) in [5.74, 6) is 1.68. The van der Waals surface area contributed by atoms with Crippen molar-refractivity contribution in [3.8, 4) is 5.75 Å². The first-order chi connectivity index (χ1) is 10.6. The molecule has 0 amide bonds. The highest BCUT2D eigenvalue weighted by atomic mass is 35.5. The molecule has 1 atom stereocenters. The van der Waals surface area contributed by atoms with Gasteiger partial charge in [0.1, 0.15) is 18.2 Å². The number of hydrogen-bond acceptors (Lipinski definition) is 3. The van der Waals surface area contributed by atoms with E-state index in [0.717, 1.165) is 22.6 Å². The molecule has 0 aliphatic heterocycles. The van der Waals surface area contributed by atoms with E-state index in [1.54, 1.807) is 0 Å². The van der Waals surface area contributed by atoms with Gasteiger partial charge in [-0.2, -0.15) is 0 Å². The number of imidazole rings is 1. The number of hydrogen-bond donors (Lipinski definition) is 1. The van der Waals surface area contributed by atoms with Crippen molar-refractivity contribution in [1.82, 2.24) is 9.55 Å². The second-order valence-corrected chi connectivity index (χ2v) is 5.64. The smallest absolute Gasteiger partial charge is 0.126 e. The minimum absolute atomic E-state index is 0.122. The highest BCUT2D eigenvalue weighted by Crippen LogP contribution is 2.20. The molecule has 1 heterocycles. The normalized spacial score (nSPS) is 12.5. The van der Waals surface area contributed by atoms with Crippen molar-refractivity contribution >= 4 is 22.6 Å². The van der Waals surface area contributed by atoms with Gasteiger partial charge in [0.25, 0.3) is 0 Å². The van der Waals surface area contributed by atoms with Crippen LogP contribution in [0.1, 0.15) is 18.8 Å². The van der Waals surface area contributed by atoms with Crippen LogP contribution in [0.4, 0.5) is 0 Å². The molecule has 3 rings (SSSR count). The van der Waals surface area contributed by atoms with E-state index < -0.39 is 0 Å². The van der Waals surface area contributed by atoms with Gasteiger partial charge in [-0.25, -0.2) is 4.98 Å². The van der Waals surface area contributed by atoms with E-state index in [0.29, 0.717) is 18.2 Å². The number of aromatic nitrogens is 2. The number of rotatable bonds is 5. The van der Waals surface area contributed by atoms with Crippen LogP contribution in [0.3, 0.4) is 0 Å². The van der Waals surface area contributed by atoms with Crippen molar-refractivity contribution in [3.05, 3.63) is 59.4 Å². The molecule has 1 aromatic heterocycles. The zero-order valence-corrected chi connectivity index (χ0v) is 13.1. The van der Waals surface area contributed by atoms with Crippen molar-refractivity contribution in [2.45, 2.75) is 19.5 Å². The number of fused-ring (bicyclic) bond motifs is 1. The highest BCUT2D eigenvalue weighted by Gasteiger charge is 2.13. The predicted octanol–water partition coefficient (Wildman–Crippen LogP) is 3.79. The van der Waals surface area contributed by atoms with Gasteiger partial charge in [0.2, 0.25) is 0 Å². The Balaban J connectivity index is 1.78. The Labute approximate surface area is 134 Å². The summed E-state index contributed by atoms with van der Waals surface area (Å²) >= 11 is 5.87. The van der Waals surface area contributed by atoms with Gasteiger partial charge in [-0.1, -0.05) is 23.7 Å². The maximum atomic E-state index is 6.04. The molecular formula is C17H18ClN3O. The Morgan fingerprint density at radius 3 is 2.64 bits per heavy atom. The molecule has 0 saturated carbocycles. The molecule has 114 valence electrons. The molecule has 0 bridgehead atoms. The summed E-state index contributed by atoms with van der Waals surface area (Å²) < 4.78 is 7.89. The quantitative estimate of drug-likeness (QED) is 0.779. The lowest BCUT2D eigenvalue weighted by Gasteiger charge is -2.12. The monoisotopic (exact) mass is 315 g/mol. The summed E-state index contributed by atoms with van der Waals surface area (Å²) in [7, 11) is 0. The van der Waals surface area contributed by atoms with Crippen molar-refractivity contribution in [2.24, 2.45) is 5.73 Å². The molecular weight excluding hydrogens is 298 g/mol. The maximum Gasteiger partial charge on any atom is 0.126 e. The van der Waals surface area contributed by atoms with Crippen molar-refractivity contribution < 1.29 is 4.74 Å². The fraction of sp³-hybridized carbons (Fsp3) is 0.235. The lowest BCUT2D eigenvalue weighted by molar-refractivity contribution is 0.297. The Hall–Kier alpha value is -2.04. The molecule has 1 unspecified atom stereocenters. The fourth-order valence-electron chi connectivity index (χ4n) is 2.46. The first kappa shape index (κ1) is 14.9. The second kappa shape index (κ2) is 6.38. The molecule has 2 aromatic carbocycles. The van der Waals surface area contributed by atoms with Gasteiger partial charge in [-0.3, -0.25) is 0 Å². The van der Waals surface area contributed by atoms with Crippen LogP contribution in [0.15, 0.2) is 48.5 Å². The fourth-order valence-corrected chi connectivity index (χ4v) is 2.59. The van der Waals surface area contributed by atoms with Gasteiger partial charge >= 0.3 is 0 Å². The molecule has 0 aliphatic carbocycles. The average molecular weight is 316 g/mol. The van der Waals surface area contributed by atoms with Crippen molar-refractivity contribution in [3.63, 3.8) is 0 Å². The summed E-state index contributed by atoms with van der Waals surface area (Å²) in [5.41, 5.74) is 8.08. The van der Waals surface area contributed by atoms with Crippen LogP contribution in [0, 0.1) is 0 Å². The molecule has 0 aliphatic rings. The molecule has 0 radical (unpaired) electrons. The molecule has 3 aromatic rings. The summed E-state index contributed by atoms with van der Waals surface area (Å²) in [4.78, 5) is 4.61. The van der Waals surface area contributed by atoms with E-state index in [2.05, 4.69) is 15.6 Å². The number of nitrogens with two attached hydrogens (primary N) is 1. The first-order valence-electron chi connectivity index (χ1n) is 7.24. The van der Waals surface area contributed by atoms with Crippen LogP contribution in [0.25, 0.3) is 11.0 Å². The number of halogens is 1. The third-order valence-corrected chi connectivity index (χ3v) is 3.74. The van der Waals surface area contributed by atoms with Crippen LogP contribution < -0.4 is 10.5 Å². The summed E-state index contributed by atoms with van der Waals surface area (Å²) in [6.45, 7) is 3.18. The molecule has 0 saturated heterocycles. The van der Waals surface area contributed by atoms with Crippen molar-refractivity contribution in [1.29, 1.82) is 0 Å². The molecule has 5 heteroatoms. The number of para-hydroxylation sites is 2. The van der Waals surface area contributed by atoms with E-state index in [1.165, 1.54) is 0 Å². The predicted molar refractivity (Wildman–Crippen MR) is 89.3 cm³/mol. The molecule has 4 nitrogen and oxygen atoms in total. The van der Waals surface area contributed by atoms with Crippen LogP contribution in [0.5, 0.6) is 5.75 Å². The van der Waals surface area contributed by atoms with E-state index in [-0.39, 0.29) is 6.04 Å². The van der Waals surface area contributed by atoms with Crippen LogP contribution in [0.2, 0.25) is 5.02 Å². The van der Waals surface area contributed by atoms with Gasteiger partial charge in [0.15, 0.2) is 0 Å². The van der Waals surface area contributed by atoms with Gasteiger partial charge < -0.3 is 15.0 Å². The third kappa shape index (κ3) is 3.08. The van der Waals surface area contributed by atoms with Crippen LogP contribution in [-0.2, 0) is 6.54 Å². The third-order valence-electron chi connectivity index (χ3n) is 3.49. The van der Waals surface area contributed by atoms with E-state index in [9.17, 15) is 0 Å². The molecule has 22 heavy (non-hydrogen) atoms. The molecule has 2 N–H and O–H groups in total. The zero-order chi connectivity index (χ0) is 15.5. The average Bonchev–Trinajstić information content (AvgIpc) is 2.89. The Bertz CT molecular complexity index is 765. The Kier molecular flexibility index (Phi) is 4.32. The minimum atomic E-state index is -0.122. The van der Waals surface area contributed by atoms with Gasteiger partial charge in [0.05, 0.1) is 23.6 Å². The second-order valence-electron chi connectivity index (χ2n) is 5.20. The van der Waals surface area contributed by atoms with E-state index in [4.69, 9.17) is 22.1 Å². The van der Waals surface area contributed by atoms with Crippen LogP contribution in [-0.4, -0.2) is 16.2 Å². The lowest BCUT2D eigenvalue weighted by Crippen LogP contribution is -2.16. The highest BCUT2D eigenvalue weighted by molar-refractivity contribution is 6.30. The van der Waals surface area contributed by atoms with E-state index in [1.807, 2.05) is 49.4 Å². The van der Waals surface area contributed by atoms with Crippen molar-refractivity contribution in [2.75, 3.05) is 6.61 Å². The number of ether oxygens (including phenoxy) is 1. The minimum Gasteiger partial charge on any atom is -0.492 e.